The first-order chi connectivity index (χ1) is 54.5. The number of ether oxygens (including phenoxy) is 6. The van der Waals surface area contributed by atoms with E-state index >= 15 is 0 Å². The van der Waals surface area contributed by atoms with Crippen LogP contribution in [0.25, 0.3) is 10.4 Å². The largest absolute Gasteiger partial charge is 0.490 e. The fourth-order valence-electron chi connectivity index (χ4n) is 15.3. The van der Waals surface area contributed by atoms with E-state index in [1.165, 1.54) is 294 Å². The summed E-state index contributed by atoms with van der Waals surface area (Å²) in [4.78, 5) is 80.2. The summed E-state index contributed by atoms with van der Waals surface area (Å²) in [6.07, 6.45) is 58.2. The molecule has 2 aliphatic heterocycles. The van der Waals surface area contributed by atoms with Crippen LogP contribution in [0.2, 0.25) is 0 Å². The van der Waals surface area contributed by atoms with E-state index < -0.39 is 48.7 Å². The molecule has 4 aromatic rings. The van der Waals surface area contributed by atoms with E-state index in [1.54, 1.807) is 40.1 Å². The highest BCUT2D eigenvalue weighted by molar-refractivity contribution is 6.03. The first-order valence-electron chi connectivity index (χ1n) is 44.3. The molecule has 0 bridgehead atoms. The number of methoxy groups -OCH3 is 1. The molecule has 111 heavy (non-hydrogen) atoms. The van der Waals surface area contributed by atoms with Gasteiger partial charge in [-0.3, -0.25) is 19.0 Å². The lowest BCUT2D eigenvalue weighted by Gasteiger charge is -2.35. The Bertz CT molecular complexity index is 3220. The number of aromatic nitrogens is 2. The van der Waals surface area contributed by atoms with Gasteiger partial charge in [0.25, 0.3) is 17.7 Å². The third-order valence-electron chi connectivity index (χ3n) is 22.1. The maximum absolute atomic E-state index is 14.9. The number of unbranched alkanes of at least 4 members (excludes halogenated alkanes) is 45. The Labute approximate surface area is 667 Å². The van der Waals surface area contributed by atoms with Gasteiger partial charge in [0.1, 0.15) is 18.0 Å². The average molecular weight is 1540 g/mol. The fourth-order valence-corrected chi connectivity index (χ4v) is 15.3. The number of piperazine rings is 1. The zero-order valence-electron chi connectivity index (χ0n) is 69.1. The molecule has 6 rings (SSSR count). The lowest BCUT2D eigenvalue weighted by Crippen LogP contribution is -2.50. The first kappa shape index (κ1) is 92.9. The van der Waals surface area contributed by atoms with Gasteiger partial charge in [0.15, 0.2) is 23.8 Å². The molecule has 0 aliphatic carbocycles. The summed E-state index contributed by atoms with van der Waals surface area (Å²) in [5, 5.41) is 16.8. The number of carbonyl (C=O) groups is 4. The Morgan fingerprint density at radius 1 is 0.505 bits per heavy atom. The highest BCUT2D eigenvalue weighted by atomic mass is 16.6. The van der Waals surface area contributed by atoms with Crippen molar-refractivity contribution < 1.29 is 52.7 Å². The Morgan fingerprint density at radius 3 is 1.29 bits per heavy atom. The van der Waals surface area contributed by atoms with E-state index in [0.29, 0.717) is 48.2 Å². The number of aliphatic hydroxyl groups excluding tert-OH is 1. The van der Waals surface area contributed by atoms with Gasteiger partial charge in [0.2, 0.25) is 5.75 Å². The van der Waals surface area contributed by atoms with Crippen LogP contribution in [0.5, 0.6) is 17.2 Å². The molecule has 2 fully saturated rings. The Kier molecular flexibility index (Phi) is 49.2. The quantitative estimate of drug-likeness (QED) is 0.0137. The Hall–Kier alpha value is -6.99. The number of aliphatic hydroxyl groups is 1. The van der Waals surface area contributed by atoms with Gasteiger partial charge in [-0.05, 0) is 78.9 Å². The van der Waals surface area contributed by atoms with Gasteiger partial charge >= 0.3 is 11.7 Å². The Balaban J connectivity index is 1.09. The van der Waals surface area contributed by atoms with Gasteiger partial charge < -0.3 is 48.6 Å². The number of azide groups is 1. The van der Waals surface area contributed by atoms with Crippen LogP contribution in [0, 0.1) is 0 Å². The number of hydrogen-bond acceptors (Lipinski definition) is 14. The van der Waals surface area contributed by atoms with Crippen molar-refractivity contribution in [3.63, 3.8) is 0 Å². The van der Waals surface area contributed by atoms with Crippen molar-refractivity contribution in [3.8, 4) is 17.2 Å². The molecule has 4 unspecified atom stereocenters. The van der Waals surface area contributed by atoms with Gasteiger partial charge in [-0.25, -0.2) is 9.59 Å². The minimum Gasteiger partial charge on any atom is -0.490 e. The van der Waals surface area contributed by atoms with Crippen LogP contribution in [0.1, 0.15) is 382 Å². The van der Waals surface area contributed by atoms with Crippen LogP contribution in [-0.4, -0.2) is 126 Å². The molecule has 0 saturated carbocycles. The summed E-state index contributed by atoms with van der Waals surface area (Å²) in [6.45, 7) is 8.35. The monoisotopic (exact) mass is 1540 g/mol. The number of anilines is 1. The summed E-state index contributed by atoms with van der Waals surface area (Å²) in [7, 11) is 1.34. The summed E-state index contributed by atoms with van der Waals surface area (Å²) in [5.74, 6) is -0.298. The molecule has 20 nitrogen and oxygen atoms in total. The van der Waals surface area contributed by atoms with Crippen LogP contribution in [-0.2, 0) is 20.8 Å². The van der Waals surface area contributed by atoms with Crippen LogP contribution < -0.4 is 25.2 Å². The third kappa shape index (κ3) is 36.4. The number of nitrogens with one attached hydrogen (secondary N) is 1. The number of esters is 1. The van der Waals surface area contributed by atoms with Gasteiger partial charge in [0, 0.05) is 61.1 Å². The summed E-state index contributed by atoms with van der Waals surface area (Å²) in [6, 6.07) is 17.9. The summed E-state index contributed by atoms with van der Waals surface area (Å²) < 4.78 is 39.1. The topological polar surface area (TPSA) is 246 Å². The van der Waals surface area contributed by atoms with Crippen LogP contribution in [0.15, 0.2) is 82.8 Å². The molecule has 2 saturated heterocycles. The SMILES string of the molecule is CCCCCCCCCCCCCCCCCCOc1cc(C(=O)N2CCN(C(=O)c3ccc(C(=O)OC4C(CO)OC(n5ccc(NC(=O)c6ccccc6)nc5=O)C4OC)c(CN=[N+]=[N-])c3)CC2)cc(OCCCCCCCCCCCCCCCCCC)c1OCCCCCCCCCCCCCCCCCC. The fraction of sp³-hybridized carbons (Fsp3) is 0.714. The molecular formula is C91H144N8O12. The number of carbonyl (C=O) groups excluding carboxylic acids is 4. The lowest BCUT2D eigenvalue weighted by atomic mass is 10.0. The van der Waals surface area contributed by atoms with Gasteiger partial charge in [0.05, 0.1) is 38.5 Å². The van der Waals surface area contributed by atoms with E-state index in [0.717, 1.165) is 55.9 Å². The number of benzene rings is 3. The maximum atomic E-state index is 14.9. The van der Waals surface area contributed by atoms with E-state index in [9.17, 15) is 34.6 Å². The van der Waals surface area contributed by atoms with Gasteiger partial charge in [-0.15, -0.1) is 0 Å². The van der Waals surface area contributed by atoms with E-state index in [4.69, 9.17) is 28.4 Å². The molecule has 0 radical (unpaired) electrons. The predicted molar refractivity (Wildman–Crippen MR) is 447 cm³/mol. The summed E-state index contributed by atoms with van der Waals surface area (Å²) >= 11 is 0. The van der Waals surface area contributed by atoms with E-state index in [1.807, 2.05) is 12.1 Å². The molecule has 1 aromatic heterocycles. The molecule has 0 spiro atoms. The number of rotatable bonds is 65. The molecule has 3 amide bonds. The minimum absolute atomic E-state index is 0.00583. The molecule has 3 aromatic carbocycles. The van der Waals surface area contributed by atoms with E-state index in [2.05, 4.69) is 41.1 Å². The normalized spacial score (nSPS) is 15.5. The van der Waals surface area contributed by atoms with Crippen molar-refractivity contribution in [1.82, 2.24) is 19.4 Å². The zero-order valence-corrected chi connectivity index (χ0v) is 69.1. The second-order valence-electron chi connectivity index (χ2n) is 31.2. The molecule has 4 atom stereocenters. The smallest absolute Gasteiger partial charge is 0.351 e. The number of hydrogen-bond donors (Lipinski definition) is 2. The van der Waals surface area contributed by atoms with Crippen molar-refractivity contribution >= 4 is 29.5 Å². The molecule has 20 heteroatoms. The molecule has 620 valence electrons. The number of amides is 3. The maximum Gasteiger partial charge on any atom is 0.351 e. The van der Waals surface area contributed by atoms with Crippen LogP contribution in [0.4, 0.5) is 5.82 Å². The molecule has 2 aliphatic rings. The standard InChI is InChI=1S/C91H144N8O12/c1-5-8-11-14-17-20-23-26-29-32-35-38-41-44-47-53-66-107-79-70-76(71-80(108-67-54-48-45-42-39-36-33-30-27-24-21-18-15-12-9-6-2)83(79)109-68-55-49-46-43-40-37-34-31-28-25-22-19-16-13-10-7-3)88(103)98-64-62-97(63-65-98)87(102)75-58-59-78(77(69-75)72-93-96-92)90(104)111-84-81(73-100)110-89(85(84)106-4)99-61-60-82(95-91(99)105)94-86(101)74-56-51-50-52-57-74/h50-52,56-61,69-71,81,84-85,89,100H,5-49,53-55,62-68,72-73H2,1-4H3,(H,94,95,101,105). The van der Waals surface area contributed by atoms with Crippen LogP contribution in [0.3, 0.4) is 0 Å². The van der Waals surface area contributed by atoms with E-state index in [-0.39, 0.29) is 67.0 Å². The second kappa shape index (κ2) is 58.8. The molecule has 2 N–H and O–H groups in total. The highest BCUT2D eigenvalue weighted by Crippen LogP contribution is 2.41. The minimum atomic E-state index is -1.25. The van der Waals surface area contributed by atoms with Crippen molar-refractivity contribution in [1.29, 1.82) is 0 Å². The number of nitrogens with zero attached hydrogens (tertiary/aromatic N) is 7. The third-order valence-corrected chi connectivity index (χ3v) is 22.1. The van der Waals surface area contributed by atoms with Crippen molar-refractivity contribution in [2.75, 3.05) is 65.0 Å². The van der Waals surface area contributed by atoms with Crippen molar-refractivity contribution in [3.05, 3.63) is 122 Å². The van der Waals surface area contributed by atoms with Crippen molar-refractivity contribution in [2.24, 2.45) is 5.11 Å². The summed E-state index contributed by atoms with van der Waals surface area (Å²) in [5.41, 5.74) is 9.87. The van der Waals surface area contributed by atoms with Gasteiger partial charge in [-0.2, -0.15) is 4.98 Å². The van der Waals surface area contributed by atoms with Crippen LogP contribution >= 0.6 is 0 Å². The van der Waals surface area contributed by atoms with Crippen molar-refractivity contribution in [2.45, 2.75) is 360 Å². The van der Waals surface area contributed by atoms with Gasteiger partial charge in [-0.1, -0.05) is 333 Å². The highest BCUT2D eigenvalue weighted by Gasteiger charge is 2.49. The second-order valence-corrected chi connectivity index (χ2v) is 31.2. The Morgan fingerprint density at radius 2 is 0.901 bits per heavy atom. The average Bonchev–Trinajstić information content (AvgIpc) is 1.63. The zero-order chi connectivity index (χ0) is 79.0. The lowest BCUT2D eigenvalue weighted by molar-refractivity contribution is -0.0624. The predicted octanol–water partition coefficient (Wildman–Crippen LogP) is 23.0. The molecular weight excluding hydrogens is 1400 g/mol. The first-order valence-corrected chi connectivity index (χ1v) is 44.3. The molecule has 3 heterocycles.